The monoisotopic (exact) mass is 336 g/mol. The summed E-state index contributed by atoms with van der Waals surface area (Å²) in [7, 11) is 0. The lowest BCUT2D eigenvalue weighted by Gasteiger charge is -2.38. The summed E-state index contributed by atoms with van der Waals surface area (Å²) in [4.78, 5) is 28.6. The Morgan fingerprint density at radius 1 is 1.26 bits per heavy atom. The standard InChI is InChI=1S/C17H21ClN2O3/c18-12-4-3-6-14(10-12)20-16(22)11-15(17(20)23)19-8-2-1-5-13(19)7-9-21/h3-4,6,10,13,15,21H,1-2,5,7-9,11H2/t13-,15+/m1/s1. The number of amides is 2. The third-order valence-corrected chi connectivity index (χ3v) is 4.96. The molecule has 2 aliphatic heterocycles. The van der Waals surface area contributed by atoms with Gasteiger partial charge >= 0.3 is 0 Å². The van der Waals surface area contributed by atoms with E-state index in [0.717, 1.165) is 25.8 Å². The summed E-state index contributed by atoms with van der Waals surface area (Å²) >= 11 is 5.98. The summed E-state index contributed by atoms with van der Waals surface area (Å²) < 4.78 is 0. The van der Waals surface area contributed by atoms with Crippen LogP contribution in [0.5, 0.6) is 0 Å². The topological polar surface area (TPSA) is 60.9 Å². The molecule has 0 aromatic heterocycles. The van der Waals surface area contributed by atoms with Crippen LogP contribution in [-0.2, 0) is 9.59 Å². The van der Waals surface area contributed by atoms with Crippen LogP contribution in [0.25, 0.3) is 0 Å². The van der Waals surface area contributed by atoms with E-state index in [1.807, 2.05) is 0 Å². The molecule has 6 heteroatoms. The van der Waals surface area contributed by atoms with Crippen molar-refractivity contribution in [2.24, 2.45) is 0 Å². The number of imide groups is 1. The van der Waals surface area contributed by atoms with Gasteiger partial charge in [0.25, 0.3) is 5.91 Å². The average Bonchev–Trinajstić information content (AvgIpc) is 2.83. The lowest BCUT2D eigenvalue weighted by Crippen LogP contribution is -2.50. The molecule has 5 nitrogen and oxygen atoms in total. The zero-order valence-electron chi connectivity index (χ0n) is 12.9. The molecule has 0 aliphatic carbocycles. The first kappa shape index (κ1) is 16.4. The molecule has 1 aromatic rings. The number of piperidine rings is 1. The number of aliphatic hydroxyl groups is 1. The predicted molar refractivity (Wildman–Crippen MR) is 88.4 cm³/mol. The number of aliphatic hydroxyl groups excluding tert-OH is 1. The quantitative estimate of drug-likeness (QED) is 0.856. The Balaban J connectivity index is 1.83. The molecule has 0 radical (unpaired) electrons. The van der Waals surface area contributed by atoms with Crippen LogP contribution in [0, 0.1) is 0 Å². The smallest absolute Gasteiger partial charge is 0.251 e. The van der Waals surface area contributed by atoms with Crippen LogP contribution in [0.1, 0.15) is 32.1 Å². The molecule has 1 N–H and O–H groups in total. The van der Waals surface area contributed by atoms with Crippen molar-refractivity contribution in [1.82, 2.24) is 4.90 Å². The van der Waals surface area contributed by atoms with Crippen molar-refractivity contribution in [3.63, 3.8) is 0 Å². The van der Waals surface area contributed by atoms with Gasteiger partial charge in [0.1, 0.15) is 0 Å². The van der Waals surface area contributed by atoms with Crippen LogP contribution in [-0.4, -0.2) is 47.1 Å². The van der Waals surface area contributed by atoms with Crippen molar-refractivity contribution in [2.45, 2.75) is 44.2 Å². The fourth-order valence-electron chi connectivity index (χ4n) is 3.65. The van der Waals surface area contributed by atoms with Crippen molar-refractivity contribution in [3.05, 3.63) is 29.3 Å². The number of hydrogen-bond donors (Lipinski definition) is 1. The van der Waals surface area contributed by atoms with Crippen LogP contribution in [0.15, 0.2) is 24.3 Å². The van der Waals surface area contributed by atoms with Gasteiger partial charge in [-0.15, -0.1) is 0 Å². The molecule has 23 heavy (non-hydrogen) atoms. The minimum atomic E-state index is -0.418. The molecule has 0 spiro atoms. The van der Waals surface area contributed by atoms with E-state index in [-0.39, 0.29) is 30.9 Å². The second-order valence-corrected chi connectivity index (χ2v) is 6.60. The van der Waals surface area contributed by atoms with E-state index in [0.29, 0.717) is 17.1 Å². The highest BCUT2D eigenvalue weighted by atomic mass is 35.5. The maximum absolute atomic E-state index is 12.8. The van der Waals surface area contributed by atoms with E-state index < -0.39 is 6.04 Å². The summed E-state index contributed by atoms with van der Waals surface area (Å²) in [6.45, 7) is 0.909. The van der Waals surface area contributed by atoms with Crippen molar-refractivity contribution in [2.75, 3.05) is 18.1 Å². The summed E-state index contributed by atoms with van der Waals surface area (Å²) in [5.74, 6) is -0.363. The SMILES string of the molecule is O=C1C[C@H](N2CCCC[C@@H]2CCO)C(=O)N1c1cccc(Cl)c1. The van der Waals surface area contributed by atoms with Gasteiger partial charge in [-0.05, 0) is 44.0 Å². The third-order valence-electron chi connectivity index (χ3n) is 4.72. The van der Waals surface area contributed by atoms with Crippen molar-refractivity contribution >= 4 is 29.1 Å². The lowest BCUT2D eigenvalue weighted by atomic mass is 9.97. The molecule has 124 valence electrons. The van der Waals surface area contributed by atoms with Crippen LogP contribution in [0.3, 0.4) is 0 Å². The number of halogens is 1. The van der Waals surface area contributed by atoms with Crippen molar-refractivity contribution < 1.29 is 14.7 Å². The van der Waals surface area contributed by atoms with Crippen molar-refractivity contribution in [1.29, 1.82) is 0 Å². The Morgan fingerprint density at radius 3 is 2.83 bits per heavy atom. The van der Waals surface area contributed by atoms with Gasteiger partial charge in [0, 0.05) is 17.7 Å². The Hall–Kier alpha value is -1.43. The minimum absolute atomic E-state index is 0.105. The Bertz CT molecular complexity index is 605. The average molecular weight is 337 g/mol. The fraction of sp³-hybridized carbons (Fsp3) is 0.529. The minimum Gasteiger partial charge on any atom is -0.396 e. The van der Waals surface area contributed by atoms with Gasteiger partial charge in [-0.3, -0.25) is 14.5 Å². The van der Waals surface area contributed by atoms with Crippen LogP contribution < -0.4 is 4.90 Å². The molecule has 2 saturated heterocycles. The fourth-order valence-corrected chi connectivity index (χ4v) is 3.84. The molecule has 0 bridgehead atoms. The van der Waals surface area contributed by atoms with Gasteiger partial charge in [0.2, 0.25) is 5.91 Å². The van der Waals surface area contributed by atoms with Crippen LogP contribution in [0.4, 0.5) is 5.69 Å². The van der Waals surface area contributed by atoms with E-state index in [1.165, 1.54) is 4.90 Å². The number of carbonyl (C=O) groups is 2. The van der Waals surface area contributed by atoms with Gasteiger partial charge in [-0.1, -0.05) is 24.1 Å². The first-order chi connectivity index (χ1) is 11.1. The molecule has 2 heterocycles. The molecule has 2 atom stereocenters. The third kappa shape index (κ3) is 3.27. The summed E-state index contributed by atoms with van der Waals surface area (Å²) in [6, 6.07) is 6.58. The van der Waals surface area contributed by atoms with Gasteiger partial charge in [-0.2, -0.15) is 0 Å². The van der Waals surface area contributed by atoms with Crippen molar-refractivity contribution in [3.8, 4) is 0 Å². The Morgan fingerprint density at radius 2 is 2.09 bits per heavy atom. The van der Waals surface area contributed by atoms with E-state index in [2.05, 4.69) is 4.90 Å². The molecule has 0 saturated carbocycles. The van der Waals surface area contributed by atoms with Crippen LogP contribution in [0.2, 0.25) is 5.02 Å². The second-order valence-electron chi connectivity index (χ2n) is 6.17. The van der Waals surface area contributed by atoms with E-state index in [4.69, 9.17) is 11.6 Å². The lowest BCUT2D eigenvalue weighted by molar-refractivity contribution is -0.123. The predicted octanol–water partition coefficient (Wildman–Crippen LogP) is 2.21. The second kappa shape index (κ2) is 6.99. The van der Waals surface area contributed by atoms with E-state index in [9.17, 15) is 14.7 Å². The molecule has 3 rings (SSSR count). The highest BCUT2D eigenvalue weighted by molar-refractivity contribution is 6.31. The largest absolute Gasteiger partial charge is 0.396 e. The highest BCUT2D eigenvalue weighted by Crippen LogP contribution is 2.31. The maximum Gasteiger partial charge on any atom is 0.251 e. The van der Waals surface area contributed by atoms with Gasteiger partial charge in [0.15, 0.2) is 0 Å². The number of carbonyl (C=O) groups excluding carboxylic acids is 2. The summed E-state index contributed by atoms with van der Waals surface area (Å²) in [6.07, 6.45) is 3.95. The maximum atomic E-state index is 12.8. The molecule has 1 aromatic carbocycles. The Labute approximate surface area is 140 Å². The summed E-state index contributed by atoms with van der Waals surface area (Å²) in [5, 5.41) is 9.76. The molecular formula is C17H21ClN2O3. The molecule has 2 aliphatic rings. The zero-order chi connectivity index (χ0) is 16.4. The first-order valence-corrected chi connectivity index (χ1v) is 8.48. The van der Waals surface area contributed by atoms with Gasteiger partial charge < -0.3 is 5.11 Å². The highest BCUT2D eigenvalue weighted by Gasteiger charge is 2.44. The van der Waals surface area contributed by atoms with E-state index >= 15 is 0 Å². The molecule has 0 unspecified atom stereocenters. The molecular weight excluding hydrogens is 316 g/mol. The number of anilines is 1. The van der Waals surface area contributed by atoms with Gasteiger partial charge in [-0.25, -0.2) is 4.90 Å². The summed E-state index contributed by atoms with van der Waals surface area (Å²) in [5.41, 5.74) is 0.533. The van der Waals surface area contributed by atoms with Gasteiger partial charge in [0.05, 0.1) is 18.2 Å². The number of likely N-dealkylation sites (tertiary alicyclic amines) is 1. The zero-order valence-corrected chi connectivity index (χ0v) is 13.7. The molecule has 2 fully saturated rings. The number of nitrogens with zero attached hydrogens (tertiary/aromatic N) is 2. The Kier molecular flexibility index (Phi) is 4.99. The normalized spacial score (nSPS) is 26.1. The first-order valence-electron chi connectivity index (χ1n) is 8.11. The number of rotatable bonds is 4. The number of hydrogen-bond acceptors (Lipinski definition) is 4. The van der Waals surface area contributed by atoms with Crippen LogP contribution >= 0.6 is 11.6 Å². The molecule has 2 amide bonds. The number of benzene rings is 1. The van der Waals surface area contributed by atoms with E-state index in [1.54, 1.807) is 24.3 Å².